The van der Waals surface area contributed by atoms with Crippen molar-refractivity contribution in [3.63, 3.8) is 0 Å². The van der Waals surface area contributed by atoms with E-state index < -0.39 is 30.7 Å². The number of carbonyl (C=O) groups is 1. The number of rotatable bonds is 7. The number of methoxy groups -OCH3 is 1. The second-order valence-electron chi connectivity index (χ2n) is 4.42. The van der Waals surface area contributed by atoms with Crippen LogP contribution in [0.5, 0.6) is 0 Å². The number of hydrogen-bond acceptors (Lipinski definition) is 3. The molecule has 0 aromatic rings. The minimum atomic E-state index is -4.41. The predicted molar refractivity (Wildman–Crippen MR) is 62.0 cm³/mol. The highest BCUT2D eigenvalue weighted by Gasteiger charge is 2.35. The van der Waals surface area contributed by atoms with Crippen molar-refractivity contribution in [2.24, 2.45) is 5.73 Å². The number of nitrogens with two attached hydrogens (primary N) is 1. The number of hydrogen-bond donors (Lipinski definition) is 1. The van der Waals surface area contributed by atoms with Crippen molar-refractivity contribution >= 4 is 5.91 Å². The zero-order chi connectivity index (χ0) is 14.3. The Morgan fingerprint density at radius 1 is 1.39 bits per heavy atom. The highest BCUT2D eigenvalue weighted by molar-refractivity contribution is 5.81. The van der Waals surface area contributed by atoms with Crippen LogP contribution in [0.3, 0.4) is 0 Å². The van der Waals surface area contributed by atoms with Crippen LogP contribution in [-0.2, 0) is 9.53 Å². The van der Waals surface area contributed by atoms with E-state index in [4.69, 9.17) is 10.5 Å². The summed E-state index contributed by atoms with van der Waals surface area (Å²) in [5, 5.41) is 0. The third-order valence-electron chi connectivity index (χ3n) is 2.44. The van der Waals surface area contributed by atoms with Crippen LogP contribution in [0.1, 0.15) is 26.7 Å². The van der Waals surface area contributed by atoms with Gasteiger partial charge >= 0.3 is 6.18 Å². The summed E-state index contributed by atoms with van der Waals surface area (Å²) >= 11 is 0. The van der Waals surface area contributed by atoms with E-state index in [1.54, 1.807) is 0 Å². The van der Waals surface area contributed by atoms with Crippen LogP contribution in [0.4, 0.5) is 13.2 Å². The van der Waals surface area contributed by atoms with Crippen molar-refractivity contribution < 1.29 is 22.7 Å². The Morgan fingerprint density at radius 3 is 2.33 bits per heavy atom. The summed E-state index contributed by atoms with van der Waals surface area (Å²) in [6.45, 7) is 2.24. The number of halogens is 3. The fraction of sp³-hybridized carbons (Fsp3) is 0.909. The lowest BCUT2D eigenvalue weighted by Crippen LogP contribution is -2.50. The molecule has 0 aromatic heterocycles. The van der Waals surface area contributed by atoms with Gasteiger partial charge in [0, 0.05) is 19.8 Å². The summed E-state index contributed by atoms with van der Waals surface area (Å²) in [5.41, 5.74) is 5.60. The Labute approximate surface area is 105 Å². The highest BCUT2D eigenvalue weighted by atomic mass is 19.4. The number of ether oxygens (including phenoxy) is 1. The molecule has 0 aliphatic heterocycles. The first-order chi connectivity index (χ1) is 8.19. The lowest BCUT2D eigenvalue weighted by Gasteiger charge is -2.30. The van der Waals surface area contributed by atoms with E-state index in [0.29, 0.717) is 19.4 Å². The molecular formula is C11H21F3N2O2. The Balaban J connectivity index is 4.47. The van der Waals surface area contributed by atoms with Gasteiger partial charge in [0.1, 0.15) is 6.54 Å². The molecule has 1 amide bonds. The van der Waals surface area contributed by atoms with Crippen LogP contribution in [0, 0.1) is 0 Å². The van der Waals surface area contributed by atoms with Crippen molar-refractivity contribution in [2.45, 2.75) is 44.9 Å². The molecule has 0 bridgehead atoms. The van der Waals surface area contributed by atoms with Gasteiger partial charge in [-0.1, -0.05) is 0 Å². The summed E-state index contributed by atoms with van der Waals surface area (Å²) in [4.78, 5) is 12.6. The van der Waals surface area contributed by atoms with Gasteiger partial charge in [-0.25, -0.2) is 0 Å². The third kappa shape index (κ3) is 6.80. The molecule has 0 aliphatic rings. The average Bonchev–Trinajstić information content (AvgIpc) is 2.23. The van der Waals surface area contributed by atoms with Crippen LogP contribution in [-0.4, -0.2) is 49.3 Å². The first-order valence-electron chi connectivity index (χ1n) is 5.80. The van der Waals surface area contributed by atoms with E-state index in [1.807, 2.05) is 0 Å². The van der Waals surface area contributed by atoms with Crippen LogP contribution >= 0.6 is 0 Å². The highest BCUT2D eigenvalue weighted by Crippen LogP contribution is 2.19. The molecule has 0 saturated carbocycles. The van der Waals surface area contributed by atoms with Crippen molar-refractivity contribution in [2.75, 3.05) is 20.3 Å². The molecule has 0 radical (unpaired) electrons. The van der Waals surface area contributed by atoms with E-state index >= 15 is 0 Å². The van der Waals surface area contributed by atoms with Crippen molar-refractivity contribution in [1.29, 1.82) is 0 Å². The molecule has 4 nitrogen and oxygen atoms in total. The molecule has 1 unspecified atom stereocenters. The lowest BCUT2D eigenvalue weighted by atomic mass is 10.1. The zero-order valence-corrected chi connectivity index (χ0v) is 11.0. The predicted octanol–water partition coefficient (Wildman–Crippen LogP) is 1.54. The minimum absolute atomic E-state index is 0.313. The normalized spacial score (nSPS) is 13.8. The van der Waals surface area contributed by atoms with Gasteiger partial charge in [-0.3, -0.25) is 4.79 Å². The van der Waals surface area contributed by atoms with Gasteiger partial charge in [-0.05, 0) is 26.7 Å². The monoisotopic (exact) mass is 270 g/mol. The summed E-state index contributed by atoms with van der Waals surface area (Å²) in [6, 6.07) is -1.45. The molecule has 0 aliphatic carbocycles. The van der Waals surface area contributed by atoms with Crippen molar-refractivity contribution in [1.82, 2.24) is 4.90 Å². The zero-order valence-electron chi connectivity index (χ0n) is 11.0. The largest absolute Gasteiger partial charge is 0.406 e. The molecule has 1 atom stereocenters. The van der Waals surface area contributed by atoms with E-state index in [0.717, 1.165) is 4.90 Å². The van der Waals surface area contributed by atoms with Gasteiger partial charge < -0.3 is 15.4 Å². The van der Waals surface area contributed by atoms with Gasteiger partial charge in [0.25, 0.3) is 0 Å². The maximum absolute atomic E-state index is 12.3. The van der Waals surface area contributed by atoms with Gasteiger partial charge in [-0.2, -0.15) is 13.2 Å². The van der Waals surface area contributed by atoms with E-state index in [1.165, 1.54) is 21.0 Å². The van der Waals surface area contributed by atoms with Gasteiger partial charge in [0.05, 0.1) is 6.04 Å². The number of nitrogens with zero attached hydrogens (tertiary/aromatic N) is 1. The lowest BCUT2D eigenvalue weighted by molar-refractivity contribution is -0.165. The molecule has 0 fully saturated rings. The smallest absolute Gasteiger partial charge is 0.385 e. The molecule has 0 saturated heterocycles. The summed E-state index contributed by atoms with van der Waals surface area (Å²) in [6.07, 6.45) is -3.55. The summed E-state index contributed by atoms with van der Waals surface area (Å²) in [5.74, 6) is -0.668. The summed E-state index contributed by atoms with van der Waals surface area (Å²) in [7, 11) is 1.51. The van der Waals surface area contributed by atoms with Crippen LogP contribution in [0.25, 0.3) is 0 Å². The van der Waals surface area contributed by atoms with Gasteiger partial charge in [-0.15, -0.1) is 0 Å². The Hall–Kier alpha value is -0.820. The molecule has 0 heterocycles. The van der Waals surface area contributed by atoms with Crippen LogP contribution in [0.2, 0.25) is 0 Å². The molecule has 18 heavy (non-hydrogen) atoms. The second-order valence-corrected chi connectivity index (χ2v) is 4.42. The Bertz CT molecular complexity index is 257. The minimum Gasteiger partial charge on any atom is -0.385 e. The van der Waals surface area contributed by atoms with Crippen LogP contribution in [0.15, 0.2) is 0 Å². The van der Waals surface area contributed by atoms with E-state index in [-0.39, 0.29) is 0 Å². The third-order valence-corrected chi connectivity index (χ3v) is 2.44. The Kier molecular flexibility index (Phi) is 7.23. The van der Waals surface area contributed by atoms with Crippen molar-refractivity contribution in [3.05, 3.63) is 0 Å². The topological polar surface area (TPSA) is 55.6 Å². The van der Waals surface area contributed by atoms with Gasteiger partial charge in [0.15, 0.2) is 0 Å². The summed E-state index contributed by atoms with van der Waals surface area (Å²) < 4.78 is 41.8. The van der Waals surface area contributed by atoms with E-state index in [2.05, 4.69) is 0 Å². The molecule has 108 valence electrons. The Morgan fingerprint density at radius 2 is 1.94 bits per heavy atom. The SMILES string of the molecule is COCCCC(N)C(=O)N(CC(F)(F)F)C(C)C. The number of carbonyl (C=O) groups excluding carboxylic acids is 1. The molecule has 0 spiro atoms. The molecule has 0 aromatic carbocycles. The average molecular weight is 270 g/mol. The van der Waals surface area contributed by atoms with Gasteiger partial charge in [0.2, 0.25) is 5.91 Å². The number of amides is 1. The number of alkyl halides is 3. The molecule has 0 rings (SSSR count). The molecule has 7 heteroatoms. The first kappa shape index (κ1) is 17.2. The van der Waals surface area contributed by atoms with Crippen LogP contribution < -0.4 is 5.73 Å². The van der Waals surface area contributed by atoms with E-state index in [9.17, 15) is 18.0 Å². The fourth-order valence-electron chi connectivity index (χ4n) is 1.49. The molecule has 2 N–H and O–H groups in total. The maximum Gasteiger partial charge on any atom is 0.406 e. The fourth-order valence-corrected chi connectivity index (χ4v) is 1.49. The van der Waals surface area contributed by atoms with Crippen molar-refractivity contribution in [3.8, 4) is 0 Å². The molecular weight excluding hydrogens is 249 g/mol. The quantitative estimate of drug-likeness (QED) is 0.714. The maximum atomic E-state index is 12.3. The first-order valence-corrected chi connectivity index (χ1v) is 5.80. The standard InChI is InChI=1S/C11H21F3N2O2/c1-8(2)16(7-11(12,13)14)10(17)9(15)5-4-6-18-3/h8-9H,4-7,15H2,1-3H3. The second kappa shape index (κ2) is 7.58.